The Hall–Kier alpha value is -1.62. The Bertz CT molecular complexity index is 631. The minimum atomic E-state index is 0.236. The summed E-state index contributed by atoms with van der Waals surface area (Å²) in [6, 6.07) is 18.4. The summed E-state index contributed by atoms with van der Waals surface area (Å²) < 4.78 is 0. The molecule has 0 spiro atoms. The van der Waals surface area contributed by atoms with E-state index < -0.39 is 0 Å². The molecule has 0 fully saturated rings. The maximum atomic E-state index is 6.33. The van der Waals surface area contributed by atoms with Crippen LogP contribution in [0.1, 0.15) is 17.2 Å². The third-order valence-corrected chi connectivity index (χ3v) is 4.37. The predicted octanol–water partition coefficient (Wildman–Crippen LogP) is 2.19. The second kappa shape index (κ2) is 8.87. The SMILES string of the molecule is C[NH+](C)[C@@H](CNC(=S)NCc1ccccc1)c1ccccc1Cl. The fourth-order valence-corrected chi connectivity index (χ4v) is 2.84. The number of thiocarbonyl (C=S) groups is 1. The first kappa shape index (κ1) is 17.7. The lowest BCUT2D eigenvalue weighted by atomic mass is 10.1. The molecular formula is C18H23ClN3S+. The third kappa shape index (κ3) is 5.50. The molecule has 0 heterocycles. The highest BCUT2D eigenvalue weighted by Crippen LogP contribution is 2.20. The lowest BCUT2D eigenvalue weighted by Gasteiger charge is -2.23. The van der Waals surface area contributed by atoms with Gasteiger partial charge in [-0.1, -0.05) is 60.1 Å². The summed E-state index contributed by atoms with van der Waals surface area (Å²) in [5, 5.41) is 7.99. The maximum Gasteiger partial charge on any atom is 0.166 e. The molecule has 23 heavy (non-hydrogen) atoms. The number of quaternary nitrogens is 1. The van der Waals surface area contributed by atoms with E-state index in [1.165, 1.54) is 10.5 Å². The second-order valence-corrected chi connectivity index (χ2v) is 6.52. The van der Waals surface area contributed by atoms with E-state index in [1.54, 1.807) is 0 Å². The number of hydrogen-bond acceptors (Lipinski definition) is 1. The molecule has 0 unspecified atom stereocenters. The van der Waals surface area contributed by atoms with Gasteiger partial charge in [-0.15, -0.1) is 0 Å². The number of halogens is 1. The molecule has 5 heteroatoms. The number of benzene rings is 2. The van der Waals surface area contributed by atoms with Crippen LogP contribution in [0.25, 0.3) is 0 Å². The van der Waals surface area contributed by atoms with Crippen LogP contribution in [0.4, 0.5) is 0 Å². The van der Waals surface area contributed by atoms with Gasteiger partial charge in [-0.05, 0) is 23.8 Å². The van der Waals surface area contributed by atoms with Gasteiger partial charge >= 0.3 is 0 Å². The molecule has 0 aliphatic rings. The smallest absolute Gasteiger partial charge is 0.166 e. The molecule has 2 aromatic carbocycles. The molecule has 0 amide bonds. The van der Waals surface area contributed by atoms with E-state index in [-0.39, 0.29) is 6.04 Å². The fourth-order valence-electron chi connectivity index (χ4n) is 2.42. The molecule has 0 saturated carbocycles. The molecule has 0 saturated heterocycles. The van der Waals surface area contributed by atoms with E-state index in [2.05, 4.69) is 42.9 Å². The van der Waals surface area contributed by atoms with Crippen molar-refractivity contribution in [2.45, 2.75) is 12.6 Å². The van der Waals surface area contributed by atoms with Gasteiger partial charge in [-0.2, -0.15) is 0 Å². The summed E-state index contributed by atoms with van der Waals surface area (Å²) in [5.74, 6) is 0. The predicted molar refractivity (Wildman–Crippen MR) is 101 cm³/mol. The fraction of sp³-hybridized carbons (Fsp3) is 0.278. The molecule has 2 aromatic rings. The largest absolute Gasteiger partial charge is 0.359 e. The van der Waals surface area contributed by atoms with Crippen LogP contribution in [0.5, 0.6) is 0 Å². The highest BCUT2D eigenvalue weighted by Gasteiger charge is 2.20. The monoisotopic (exact) mass is 348 g/mol. The van der Waals surface area contributed by atoms with E-state index in [0.717, 1.165) is 23.7 Å². The molecule has 3 N–H and O–H groups in total. The Morgan fingerprint density at radius 1 is 1.04 bits per heavy atom. The average Bonchev–Trinajstić information content (AvgIpc) is 2.55. The van der Waals surface area contributed by atoms with Crippen LogP contribution in [0.15, 0.2) is 54.6 Å². The van der Waals surface area contributed by atoms with E-state index in [0.29, 0.717) is 5.11 Å². The van der Waals surface area contributed by atoms with E-state index in [1.807, 2.05) is 36.4 Å². The summed E-state index contributed by atoms with van der Waals surface area (Å²) in [5.41, 5.74) is 2.34. The first-order chi connectivity index (χ1) is 11.1. The minimum Gasteiger partial charge on any atom is -0.359 e. The molecular weight excluding hydrogens is 326 g/mol. The number of hydrogen-bond donors (Lipinski definition) is 3. The molecule has 0 aliphatic heterocycles. The molecule has 3 nitrogen and oxygen atoms in total. The Kier molecular flexibility index (Phi) is 6.84. The number of nitrogens with one attached hydrogen (secondary N) is 3. The topological polar surface area (TPSA) is 28.5 Å². The summed E-state index contributed by atoms with van der Waals surface area (Å²) in [4.78, 5) is 1.30. The van der Waals surface area contributed by atoms with Gasteiger partial charge in [0, 0.05) is 17.1 Å². The van der Waals surface area contributed by atoms with Crippen molar-refractivity contribution in [1.82, 2.24) is 10.6 Å². The van der Waals surface area contributed by atoms with Gasteiger partial charge in [0.05, 0.1) is 20.6 Å². The lowest BCUT2D eigenvalue weighted by Crippen LogP contribution is -3.07. The normalized spacial score (nSPS) is 12.0. The second-order valence-electron chi connectivity index (χ2n) is 5.70. The van der Waals surface area contributed by atoms with Gasteiger partial charge in [0.1, 0.15) is 6.04 Å². The Morgan fingerprint density at radius 2 is 1.70 bits per heavy atom. The quantitative estimate of drug-likeness (QED) is 0.699. The van der Waals surface area contributed by atoms with Crippen LogP contribution in [-0.4, -0.2) is 25.8 Å². The van der Waals surface area contributed by atoms with Crippen LogP contribution in [-0.2, 0) is 6.54 Å². The maximum absolute atomic E-state index is 6.33. The van der Waals surface area contributed by atoms with Gasteiger partial charge in [-0.3, -0.25) is 0 Å². The number of rotatable bonds is 6. The van der Waals surface area contributed by atoms with Gasteiger partial charge in [-0.25, -0.2) is 0 Å². The van der Waals surface area contributed by atoms with Crippen LogP contribution in [0.3, 0.4) is 0 Å². The average molecular weight is 349 g/mol. The van der Waals surface area contributed by atoms with Crippen molar-refractivity contribution in [2.24, 2.45) is 0 Å². The zero-order valence-electron chi connectivity index (χ0n) is 13.5. The molecule has 122 valence electrons. The summed E-state index contributed by atoms with van der Waals surface area (Å²) in [6.45, 7) is 1.45. The van der Waals surface area contributed by atoms with E-state index in [4.69, 9.17) is 23.8 Å². The highest BCUT2D eigenvalue weighted by atomic mass is 35.5. The molecule has 0 bridgehead atoms. The van der Waals surface area contributed by atoms with Gasteiger partial charge in [0.25, 0.3) is 0 Å². The molecule has 1 atom stereocenters. The molecule has 0 aliphatic carbocycles. The van der Waals surface area contributed by atoms with Crippen molar-refractivity contribution >= 4 is 28.9 Å². The standard InChI is InChI=1S/C18H22ClN3S/c1-22(2)17(15-10-6-7-11-16(15)19)13-21-18(23)20-12-14-8-4-3-5-9-14/h3-11,17H,12-13H2,1-2H3,(H2,20,21,23)/p+1/t17-/m0/s1. The van der Waals surface area contributed by atoms with Crippen molar-refractivity contribution in [2.75, 3.05) is 20.6 Å². The first-order valence-electron chi connectivity index (χ1n) is 7.68. The Labute approximate surface area is 148 Å². The van der Waals surface area contributed by atoms with Gasteiger partial charge < -0.3 is 15.5 Å². The zero-order valence-corrected chi connectivity index (χ0v) is 15.0. The van der Waals surface area contributed by atoms with Crippen molar-refractivity contribution < 1.29 is 4.90 Å². The summed E-state index contributed by atoms with van der Waals surface area (Å²) >= 11 is 11.7. The van der Waals surface area contributed by atoms with Crippen LogP contribution in [0.2, 0.25) is 5.02 Å². The lowest BCUT2D eigenvalue weighted by molar-refractivity contribution is -0.890. The van der Waals surface area contributed by atoms with Crippen LogP contribution in [0, 0.1) is 0 Å². The van der Waals surface area contributed by atoms with Crippen molar-refractivity contribution in [3.8, 4) is 0 Å². The summed E-state index contributed by atoms with van der Waals surface area (Å²) in [6.07, 6.45) is 0. The summed E-state index contributed by atoms with van der Waals surface area (Å²) in [7, 11) is 4.24. The van der Waals surface area contributed by atoms with Crippen molar-refractivity contribution in [1.29, 1.82) is 0 Å². The molecule has 2 rings (SSSR count). The van der Waals surface area contributed by atoms with E-state index in [9.17, 15) is 0 Å². The van der Waals surface area contributed by atoms with Crippen LogP contribution < -0.4 is 15.5 Å². The van der Waals surface area contributed by atoms with Gasteiger partial charge in [0.15, 0.2) is 5.11 Å². The van der Waals surface area contributed by atoms with Crippen molar-refractivity contribution in [3.63, 3.8) is 0 Å². The first-order valence-corrected chi connectivity index (χ1v) is 8.46. The Balaban J connectivity index is 1.89. The minimum absolute atomic E-state index is 0.236. The third-order valence-electron chi connectivity index (χ3n) is 3.74. The van der Waals surface area contributed by atoms with E-state index >= 15 is 0 Å². The highest BCUT2D eigenvalue weighted by molar-refractivity contribution is 7.80. The van der Waals surface area contributed by atoms with Crippen LogP contribution >= 0.6 is 23.8 Å². The molecule has 0 radical (unpaired) electrons. The Morgan fingerprint density at radius 3 is 2.35 bits per heavy atom. The number of likely N-dealkylation sites (N-methyl/N-ethyl adjacent to an activating group) is 1. The van der Waals surface area contributed by atoms with Gasteiger partial charge in [0.2, 0.25) is 0 Å². The molecule has 0 aromatic heterocycles. The zero-order chi connectivity index (χ0) is 16.7. The van der Waals surface area contributed by atoms with Crippen molar-refractivity contribution in [3.05, 3.63) is 70.7 Å².